The lowest BCUT2D eigenvalue weighted by Gasteiger charge is -2.17. The highest BCUT2D eigenvalue weighted by Crippen LogP contribution is 2.39. The van der Waals surface area contributed by atoms with Crippen LogP contribution in [0.25, 0.3) is 0 Å². The van der Waals surface area contributed by atoms with Gasteiger partial charge >= 0.3 is 0 Å². The van der Waals surface area contributed by atoms with Gasteiger partial charge in [0.15, 0.2) is 0 Å². The van der Waals surface area contributed by atoms with Crippen molar-refractivity contribution in [2.75, 3.05) is 26.0 Å². The maximum absolute atomic E-state index is 12.6. The summed E-state index contributed by atoms with van der Waals surface area (Å²) in [5.41, 5.74) is 6.62. The standard InChI is InChI=1S/C19H28N6O2S/c1-12(11-25(2)3)24-28(26,27)19-21-18(22-23-19)20-17-15-8-4-6-13(15)10-14-7-5-9-16(14)17/h10,12,24H,4-9,11H2,1-3H3,(H2,20,21,22,23). The van der Waals surface area contributed by atoms with Crippen molar-refractivity contribution < 1.29 is 8.42 Å². The SMILES string of the molecule is CC(CN(C)C)NS(=O)(=O)c1nnc(Nc2c3c(cc4c2CCC4)CCC3)[nH]1. The highest BCUT2D eigenvalue weighted by atomic mass is 32.2. The number of fused-ring (bicyclic) bond motifs is 2. The molecule has 8 nitrogen and oxygen atoms in total. The van der Waals surface area contributed by atoms with Crippen molar-refractivity contribution in [2.24, 2.45) is 0 Å². The minimum absolute atomic E-state index is 0.162. The molecular weight excluding hydrogens is 376 g/mol. The molecule has 28 heavy (non-hydrogen) atoms. The molecule has 0 bridgehead atoms. The lowest BCUT2D eigenvalue weighted by Crippen LogP contribution is -2.39. The van der Waals surface area contributed by atoms with E-state index in [2.05, 4.69) is 31.3 Å². The van der Waals surface area contributed by atoms with Crippen LogP contribution in [0.5, 0.6) is 0 Å². The first-order valence-corrected chi connectivity index (χ1v) is 11.3. The van der Waals surface area contributed by atoms with Gasteiger partial charge in [0.1, 0.15) is 0 Å². The lowest BCUT2D eigenvalue weighted by atomic mass is 9.99. The molecule has 1 aromatic carbocycles. The van der Waals surface area contributed by atoms with Gasteiger partial charge in [-0.2, -0.15) is 0 Å². The van der Waals surface area contributed by atoms with Crippen LogP contribution >= 0.6 is 0 Å². The number of sulfonamides is 1. The molecule has 0 fully saturated rings. The molecule has 2 aromatic rings. The molecule has 1 aromatic heterocycles. The number of hydrogen-bond acceptors (Lipinski definition) is 6. The molecule has 0 saturated heterocycles. The van der Waals surface area contributed by atoms with E-state index >= 15 is 0 Å². The van der Waals surface area contributed by atoms with E-state index in [4.69, 9.17) is 0 Å². The lowest BCUT2D eigenvalue weighted by molar-refractivity contribution is 0.370. The summed E-state index contributed by atoms with van der Waals surface area (Å²) in [5.74, 6) is 0.370. The van der Waals surface area contributed by atoms with Crippen LogP contribution in [-0.4, -0.2) is 55.2 Å². The van der Waals surface area contributed by atoms with Crippen molar-refractivity contribution in [3.63, 3.8) is 0 Å². The van der Waals surface area contributed by atoms with Gasteiger partial charge < -0.3 is 10.2 Å². The zero-order valence-corrected chi connectivity index (χ0v) is 17.5. The Morgan fingerprint density at radius 1 is 1.11 bits per heavy atom. The number of anilines is 2. The van der Waals surface area contributed by atoms with Crippen molar-refractivity contribution >= 4 is 21.7 Å². The van der Waals surface area contributed by atoms with Crippen molar-refractivity contribution in [1.29, 1.82) is 0 Å². The van der Waals surface area contributed by atoms with E-state index in [9.17, 15) is 8.42 Å². The van der Waals surface area contributed by atoms with Gasteiger partial charge in [-0.3, -0.25) is 4.98 Å². The molecule has 0 spiro atoms. The molecule has 1 atom stereocenters. The van der Waals surface area contributed by atoms with E-state index in [0.717, 1.165) is 44.2 Å². The maximum Gasteiger partial charge on any atom is 0.276 e. The second-order valence-corrected chi connectivity index (χ2v) is 9.75. The summed E-state index contributed by atoms with van der Waals surface area (Å²) in [6.07, 6.45) is 6.65. The third-order valence-corrected chi connectivity index (χ3v) is 6.84. The first kappa shape index (κ1) is 19.4. The summed E-state index contributed by atoms with van der Waals surface area (Å²) in [4.78, 5) is 4.77. The average molecular weight is 405 g/mol. The van der Waals surface area contributed by atoms with Crippen LogP contribution in [0.1, 0.15) is 42.0 Å². The molecule has 3 N–H and O–H groups in total. The first-order valence-electron chi connectivity index (χ1n) is 9.87. The van der Waals surface area contributed by atoms with E-state index in [0.29, 0.717) is 12.5 Å². The number of benzene rings is 1. The number of H-pyrrole nitrogens is 1. The molecule has 0 aliphatic heterocycles. The van der Waals surface area contributed by atoms with Crippen molar-refractivity contribution in [3.05, 3.63) is 28.3 Å². The molecule has 4 rings (SSSR count). The van der Waals surface area contributed by atoms with Crippen LogP contribution in [0.4, 0.5) is 11.6 Å². The average Bonchev–Trinajstić information content (AvgIpc) is 3.33. The molecular formula is C19H28N6O2S. The molecule has 1 unspecified atom stereocenters. The quantitative estimate of drug-likeness (QED) is 0.650. The zero-order valence-electron chi connectivity index (χ0n) is 16.7. The van der Waals surface area contributed by atoms with Crippen molar-refractivity contribution in [3.8, 4) is 0 Å². The fraction of sp³-hybridized carbons (Fsp3) is 0.579. The van der Waals surface area contributed by atoms with Crippen LogP contribution in [0.2, 0.25) is 0 Å². The third kappa shape index (κ3) is 3.78. The van der Waals surface area contributed by atoms with Gasteiger partial charge in [0.25, 0.3) is 15.2 Å². The Labute approximate surface area is 166 Å². The predicted octanol–water partition coefficient (Wildman–Crippen LogP) is 1.75. The van der Waals surface area contributed by atoms with E-state index in [1.165, 1.54) is 22.3 Å². The Morgan fingerprint density at radius 2 is 1.75 bits per heavy atom. The Kier molecular flexibility index (Phi) is 5.15. The fourth-order valence-electron chi connectivity index (χ4n) is 4.42. The summed E-state index contributed by atoms with van der Waals surface area (Å²) < 4.78 is 27.8. The molecule has 9 heteroatoms. The zero-order chi connectivity index (χ0) is 19.9. The summed E-state index contributed by atoms with van der Waals surface area (Å²) in [6, 6.07) is 2.13. The third-order valence-electron chi connectivity index (χ3n) is 5.43. The number of aromatic nitrogens is 3. The minimum atomic E-state index is -3.75. The van der Waals surface area contributed by atoms with Crippen LogP contribution in [-0.2, 0) is 35.7 Å². The van der Waals surface area contributed by atoms with Gasteiger partial charge in [0.05, 0.1) is 0 Å². The molecule has 152 valence electrons. The monoisotopic (exact) mass is 404 g/mol. The Bertz CT molecular complexity index is 950. The highest BCUT2D eigenvalue weighted by Gasteiger charge is 2.26. The Morgan fingerprint density at radius 3 is 2.36 bits per heavy atom. The number of nitrogens with one attached hydrogen (secondary N) is 3. The van der Waals surface area contributed by atoms with Crippen LogP contribution in [0.3, 0.4) is 0 Å². The largest absolute Gasteiger partial charge is 0.324 e. The molecule has 0 radical (unpaired) electrons. The molecule has 1 heterocycles. The minimum Gasteiger partial charge on any atom is -0.324 e. The smallest absolute Gasteiger partial charge is 0.276 e. The van der Waals surface area contributed by atoms with Gasteiger partial charge in [-0.1, -0.05) is 6.07 Å². The highest BCUT2D eigenvalue weighted by molar-refractivity contribution is 7.89. The van der Waals surface area contributed by atoms with E-state index < -0.39 is 10.0 Å². The number of rotatable bonds is 7. The second-order valence-electron chi connectivity index (χ2n) is 8.12. The normalized spacial score (nSPS) is 17.0. The summed E-state index contributed by atoms with van der Waals surface area (Å²) in [6.45, 7) is 2.42. The number of nitrogens with zero attached hydrogens (tertiary/aromatic N) is 3. The maximum atomic E-state index is 12.6. The fourth-order valence-corrected chi connectivity index (χ4v) is 5.51. The van der Waals surface area contributed by atoms with Gasteiger partial charge in [-0.25, -0.2) is 13.1 Å². The van der Waals surface area contributed by atoms with Crippen LogP contribution < -0.4 is 10.0 Å². The van der Waals surface area contributed by atoms with E-state index in [1.807, 2.05) is 25.9 Å². The topological polar surface area (TPSA) is 103 Å². The first-order chi connectivity index (χ1) is 13.3. The van der Waals surface area contributed by atoms with Gasteiger partial charge in [-0.15, -0.1) is 10.2 Å². The van der Waals surface area contributed by atoms with Gasteiger partial charge in [0.2, 0.25) is 5.95 Å². The van der Waals surface area contributed by atoms with E-state index in [1.54, 1.807) is 0 Å². The van der Waals surface area contributed by atoms with E-state index in [-0.39, 0.29) is 11.2 Å². The van der Waals surface area contributed by atoms with Crippen LogP contribution in [0, 0.1) is 0 Å². The second kappa shape index (κ2) is 7.46. The van der Waals surface area contributed by atoms with Gasteiger partial charge in [0, 0.05) is 18.3 Å². The Balaban J connectivity index is 1.57. The van der Waals surface area contributed by atoms with Crippen molar-refractivity contribution in [2.45, 2.75) is 56.6 Å². The molecule has 2 aliphatic rings. The van der Waals surface area contributed by atoms with Crippen molar-refractivity contribution in [1.82, 2.24) is 24.8 Å². The molecule has 0 saturated carbocycles. The predicted molar refractivity (Wildman–Crippen MR) is 108 cm³/mol. The number of likely N-dealkylation sites (N-methyl/N-ethyl adjacent to an activating group) is 1. The number of aryl methyl sites for hydroxylation is 2. The molecule has 2 aliphatic carbocycles. The molecule has 0 amide bonds. The summed E-state index contributed by atoms with van der Waals surface area (Å²) >= 11 is 0. The van der Waals surface area contributed by atoms with Crippen LogP contribution in [0.15, 0.2) is 11.2 Å². The number of aromatic amines is 1. The van der Waals surface area contributed by atoms with Gasteiger partial charge in [-0.05, 0) is 81.8 Å². The summed E-state index contributed by atoms with van der Waals surface area (Å²) in [7, 11) is 0.0562. The summed E-state index contributed by atoms with van der Waals surface area (Å²) in [5, 5.41) is 11.1. The Hall–Kier alpha value is -1.97. The number of hydrogen-bond donors (Lipinski definition) is 3.